The lowest BCUT2D eigenvalue weighted by molar-refractivity contribution is 0.470. The zero-order valence-corrected chi connectivity index (χ0v) is 10.8. The molecular weight excluding hydrogens is 240 g/mol. The summed E-state index contributed by atoms with van der Waals surface area (Å²) < 4.78 is 5.75. The molecule has 0 saturated carbocycles. The third kappa shape index (κ3) is 1.81. The summed E-state index contributed by atoms with van der Waals surface area (Å²) in [6, 6.07) is 9.15. The molecule has 0 amide bonds. The molecule has 2 aromatic carbocycles. The van der Waals surface area contributed by atoms with Crippen LogP contribution in [0, 0.1) is 13.8 Å². The molecule has 4 nitrogen and oxygen atoms in total. The maximum absolute atomic E-state index is 10.1. The number of aromatic nitrogens is 1. The number of rotatable bonds is 1. The number of phenols is 1. The summed E-state index contributed by atoms with van der Waals surface area (Å²) in [5.74, 6) is 0.538. The molecule has 96 valence electrons. The first-order valence-corrected chi connectivity index (χ1v) is 6.02. The molecule has 0 fully saturated rings. The van der Waals surface area contributed by atoms with Crippen LogP contribution < -0.4 is 5.73 Å². The van der Waals surface area contributed by atoms with E-state index >= 15 is 0 Å². The highest BCUT2D eigenvalue weighted by atomic mass is 16.3. The van der Waals surface area contributed by atoms with Crippen molar-refractivity contribution in [3.8, 4) is 17.2 Å². The number of phenolic OH excluding ortho intramolecular Hbond substituents is 1. The fourth-order valence-corrected chi connectivity index (χ4v) is 2.17. The Balaban J connectivity index is 2.28. The highest BCUT2D eigenvalue weighted by molar-refractivity contribution is 5.81. The van der Waals surface area contributed by atoms with E-state index in [1.165, 1.54) is 0 Å². The fourth-order valence-electron chi connectivity index (χ4n) is 2.17. The second-order valence-electron chi connectivity index (χ2n) is 4.68. The Bertz CT molecular complexity index is 775. The van der Waals surface area contributed by atoms with Gasteiger partial charge in [-0.05, 0) is 43.2 Å². The lowest BCUT2D eigenvalue weighted by Gasteiger charge is -2.05. The van der Waals surface area contributed by atoms with Crippen molar-refractivity contribution in [1.29, 1.82) is 0 Å². The molecule has 1 aromatic heterocycles. The minimum absolute atomic E-state index is 0.151. The van der Waals surface area contributed by atoms with E-state index < -0.39 is 0 Å². The summed E-state index contributed by atoms with van der Waals surface area (Å²) in [7, 11) is 0. The van der Waals surface area contributed by atoms with E-state index in [4.69, 9.17) is 10.2 Å². The van der Waals surface area contributed by atoms with Crippen LogP contribution in [0.3, 0.4) is 0 Å². The Hall–Kier alpha value is -2.49. The van der Waals surface area contributed by atoms with Gasteiger partial charge in [0.25, 0.3) is 0 Å². The molecule has 0 aliphatic rings. The van der Waals surface area contributed by atoms with Gasteiger partial charge in [0, 0.05) is 5.69 Å². The number of nitrogen functional groups attached to an aromatic ring is 1. The smallest absolute Gasteiger partial charge is 0.231 e. The average molecular weight is 254 g/mol. The Morgan fingerprint density at radius 1 is 1.16 bits per heavy atom. The van der Waals surface area contributed by atoms with Gasteiger partial charge in [-0.3, -0.25) is 0 Å². The number of hydrogen-bond acceptors (Lipinski definition) is 4. The van der Waals surface area contributed by atoms with Crippen LogP contribution in [-0.4, -0.2) is 10.1 Å². The molecule has 0 spiro atoms. The highest BCUT2D eigenvalue weighted by Gasteiger charge is 2.15. The highest BCUT2D eigenvalue weighted by Crippen LogP contribution is 2.35. The molecule has 0 aliphatic carbocycles. The second-order valence-corrected chi connectivity index (χ2v) is 4.68. The number of hydrogen-bond donors (Lipinski definition) is 2. The third-order valence-electron chi connectivity index (χ3n) is 3.17. The van der Waals surface area contributed by atoms with Crippen molar-refractivity contribution in [2.24, 2.45) is 0 Å². The van der Waals surface area contributed by atoms with E-state index in [0.29, 0.717) is 22.7 Å². The first-order valence-electron chi connectivity index (χ1n) is 6.02. The van der Waals surface area contributed by atoms with Gasteiger partial charge in [0.15, 0.2) is 5.58 Å². The predicted molar refractivity (Wildman–Crippen MR) is 75.0 cm³/mol. The fraction of sp³-hybridized carbons (Fsp3) is 0.133. The molecule has 4 heteroatoms. The zero-order valence-electron chi connectivity index (χ0n) is 10.8. The Kier molecular flexibility index (Phi) is 2.45. The van der Waals surface area contributed by atoms with Gasteiger partial charge in [0.05, 0.1) is 5.56 Å². The minimum atomic E-state index is 0.151. The number of para-hydroxylation sites is 1. The summed E-state index contributed by atoms with van der Waals surface area (Å²) in [5.41, 5.74) is 10.1. The van der Waals surface area contributed by atoms with Gasteiger partial charge in [-0.1, -0.05) is 12.1 Å². The molecule has 0 saturated heterocycles. The van der Waals surface area contributed by atoms with Crippen LogP contribution in [0.2, 0.25) is 0 Å². The van der Waals surface area contributed by atoms with Crippen LogP contribution in [0.4, 0.5) is 5.69 Å². The van der Waals surface area contributed by atoms with E-state index in [1.54, 1.807) is 19.1 Å². The summed E-state index contributed by atoms with van der Waals surface area (Å²) in [4.78, 5) is 4.40. The standard InChI is InChI=1S/C15H14N2O2/c1-8-4-3-5-12-14(8)19-15(17-12)11-7-10(16)6-9(2)13(11)18/h3-7,18H,16H2,1-2H3. The van der Waals surface area contributed by atoms with E-state index in [0.717, 1.165) is 16.7 Å². The third-order valence-corrected chi connectivity index (χ3v) is 3.17. The van der Waals surface area contributed by atoms with Crippen LogP contribution in [0.5, 0.6) is 5.75 Å². The molecular formula is C15H14N2O2. The second kappa shape index (κ2) is 4.02. The maximum atomic E-state index is 10.1. The largest absolute Gasteiger partial charge is 0.507 e. The van der Waals surface area contributed by atoms with Crippen molar-refractivity contribution in [3.63, 3.8) is 0 Å². The van der Waals surface area contributed by atoms with Crippen molar-refractivity contribution in [2.45, 2.75) is 13.8 Å². The summed E-state index contributed by atoms with van der Waals surface area (Å²) >= 11 is 0. The first-order chi connectivity index (χ1) is 9.06. The van der Waals surface area contributed by atoms with E-state index in [1.807, 2.05) is 25.1 Å². The lowest BCUT2D eigenvalue weighted by atomic mass is 10.1. The van der Waals surface area contributed by atoms with Crippen LogP contribution in [0.1, 0.15) is 11.1 Å². The normalized spacial score (nSPS) is 11.1. The molecule has 3 aromatic rings. The molecule has 3 rings (SSSR count). The number of benzene rings is 2. The van der Waals surface area contributed by atoms with Crippen molar-refractivity contribution >= 4 is 16.8 Å². The van der Waals surface area contributed by atoms with Gasteiger partial charge < -0.3 is 15.3 Å². The number of anilines is 1. The van der Waals surface area contributed by atoms with Crippen molar-refractivity contribution < 1.29 is 9.52 Å². The van der Waals surface area contributed by atoms with Gasteiger partial charge >= 0.3 is 0 Å². The predicted octanol–water partition coefficient (Wildman–Crippen LogP) is 3.40. The molecule has 0 atom stereocenters. The van der Waals surface area contributed by atoms with E-state index in [2.05, 4.69) is 4.98 Å². The molecule has 0 radical (unpaired) electrons. The van der Waals surface area contributed by atoms with Crippen LogP contribution in [0.25, 0.3) is 22.6 Å². The molecule has 1 heterocycles. The average Bonchev–Trinajstić information content (AvgIpc) is 2.79. The SMILES string of the molecule is Cc1cc(N)cc(-c2nc3cccc(C)c3o2)c1O. The quantitative estimate of drug-likeness (QED) is 0.515. The Morgan fingerprint density at radius 3 is 2.68 bits per heavy atom. The van der Waals surface area contributed by atoms with E-state index in [-0.39, 0.29) is 5.75 Å². The zero-order chi connectivity index (χ0) is 13.6. The topological polar surface area (TPSA) is 72.3 Å². The monoisotopic (exact) mass is 254 g/mol. The Labute approximate surface area is 110 Å². The molecule has 3 N–H and O–H groups in total. The van der Waals surface area contributed by atoms with Crippen molar-refractivity contribution in [3.05, 3.63) is 41.5 Å². The summed E-state index contributed by atoms with van der Waals surface area (Å²) in [6.45, 7) is 3.75. The number of fused-ring (bicyclic) bond motifs is 1. The van der Waals surface area contributed by atoms with Gasteiger partial charge in [0.2, 0.25) is 5.89 Å². The van der Waals surface area contributed by atoms with Crippen molar-refractivity contribution in [1.82, 2.24) is 4.98 Å². The number of nitrogens with zero attached hydrogens (tertiary/aromatic N) is 1. The van der Waals surface area contributed by atoms with Crippen LogP contribution in [0.15, 0.2) is 34.7 Å². The van der Waals surface area contributed by atoms with Gasteiger partial charge in [-0.15, -0.1) is 0 Å². The maximum Gasteiger partial charge on any atom is 0.231 e. The van der Waals surface area contributed by atoms with Gasteiger partial charge in [0.1, 0.15) is 11.3 Å². The lowest BCUT2D eigenvalue weighted by Crippen LogP contribution is -1.89. The number of nitrogens with two attached hydrogens (primary N) is 1. The molecule has 19 heavy (non-hydrogen) atoms. The van der Waals surface area contributed by atoms with E-state index in [9.17, 15) is 5.11 Å². The Morgan fingerprint density at radius 2 is 1.95 bits per heavy atom. The summed E-state index contributed by atoms with van der Waals surface area (Å²) in [5, 5.41) is 10.1. The van der Waals surface area contributed by atoms with Crippen molar-refractivity contribution in [2.75, 3.05) is 5.73 Å². The van der Waals surface area contributed by atoms with Gasteiger partial charge in [-0.25, -0.2) is 4.98 Å². The van der Waals surface area contributed by atoms with Crippen LogP contribution >= 0.6 is 0 Å². The minimum Gasteiger partial charge on any atom is -0.507 e. The number of oxazole rings is 1. The number of aryl methyl sites for hydroxylation is 2. The van der Waals surface area contributed by atoms with Crippen LogP contribution in [-0.2, 0) is 0 Å². The molecule has 0 bridgehead atoms. The first kappa shape index (κ1) is 11.6. The van der Waals surface area contributed by atoms with Gasteiger partial charge in [-0.2, -0.15) is 0 Å². The molecule has 0 aliphatic heterocycles. The number of aromatic hydroxyl groups is 1. The summed E-state index contributed by atoms with van der Waals surface area (Å²) in [6.07, 6.45) is 0. The molecule has 0 unspecified atom stereocenters.